The van der Waals surface area contributed by atoms with Gasteiger partial charge in [0, 0.05) is 19.2 Å². The van der Waals surface area contributed by atoms with Gasteiger partial charge in [-0.3, -0.25) is 9.00 Å². The van der Waals surface area contributed by atoms with Crippen LogP contribution in [0.2, 0.25) is 0 Å². The Morgan fingerprint density at radius 1 is 1.07 bits per heavy atom. The van der Waals surface area contributed by atoms with E-state index in [0.29, 0.717) is 11.3 Å². The number of esters is 2. The van der Waals surface area contributed by atoms with Gasteiger partial charge < -0.3 is 14.4 Å². The number of amides is 1. The average molecular weight is 415 g/mol. The summed E-state index contributed by atoms with van der Waals surface area (Å²) >= 11 is 0. The maximum atomic E-state index is 12.8. The standard InChI is InChI=1S/C21H21NO6S/c1-27-21(25)17-11-14-7-3-4-8-15(14)12-22(17)19(23)13-28-20(24)16-9-5-6-10-18(16)29(2)26/h3-10,17H,11-13H2,1-2H3/t17-,29-/m1/s1. The van der Waals surface area contributed by atoms with E-state index in [1.165, 1.54) is 24.3 Å². The quantitative estimate of drug-likeness (QED) is 0.691. The fourth-order valence-corrected chi connectivity index (χ4v) is 4.04. The van der Waals surface area contributed by atoms with Crippen LogP contribution in [0, 0.1) is 0 Å². The van der Waals surface area contributed by atoms with Gasteiger partial charge in [-0.25, -0.2) is 9.59 Å². The molecule has 0 N–H and O–H groups in total. The minimum absolute atomic E-state index is 0.148. The van der Waals surface area contributed by atoms with Crippen molar-refractivity contribution in [1.29, 1.82) is 0 Å². The summed E-state index contributed by atoms with van der Waals surface area (Å²) in [4.78, 5) is 39.1. The molecule has 2 aromatic carbocycles. The number of methoxy groups -OCH3 is 1. The van der Waals surface area contributed by atoms with Crippen LogP contribution < -0.4 is 0 Å². The van der Waals surface area contributed by atoms with E-state index in [0.717, 1.165) is 11.1 Å². The van der Waals surface area contributed by atoms with Gasteiger partial charge in [-0.2, -0.15) is 0 Å². The van der Waals surface area contributed by atoms with Crippen molar-refractivity contribution in [3.05, 3.63) is 65.2 Å². The molecular formula is C21H21NO6S. The van der Waals surface area contributed by atoms with E-state index in [1.54, 1.807) is 18.2 Å². The zero-order chi connectivity index (χ0) is 21.0. The van der Waals surface area contributed by atoms with Gasteiger partial charge in [0.15, 0.2) is 6.61 Å². The van der Waals surface area contributed by atoms with Gasteiger partial charge in [0.2, 0.25) is 0 Å². The molecule has 0 fully saturated rings. The highest BCUT2D eigenvalue weighted by Crippen LogP contribution is 2.24. The number of rotatable bonds is 5. The molecule has 152 valence electrons. The molecule has 0 saturated heterocycles. The van der Waals surface area contributed by atoms with Crippen LogP contribution in [0.25, 0.3) is 0 Å². The molecular weight excluding hydrogens is 394 g/mol. The lowest BCUT2D eigenvalue weighted by Crippen LogP contribution is -2.50. The Bertz CT molecular complexity index is 973. The highest BCUT2D eigenvalue weighted by Gasteiger charge is 2.35. The Kier molecular flexibility index (Phi) is 6.43. The minimum Gasteiger partial charge on any atom is -0.467 e. The van der Waals surface area contributed by atoms with E-state index in [4.69, 9.17) is 9.47 Å². The molecule has 1 aliphatic heterocycles. The summed E-state index contributed by atoms with van der Waals surface area (Å²) in [5.41, 5.74) is 2.05. The molecule has 1 heterocycles. The maximum Gasteiger partial charge on any atom is 0.339 e. The summed E-state index contributed by atoms with van der Waals surface area (Å²) in [6, 6.07) is 13.1. The molecule has 0 bridgehead atoms. The molecule has 0 spiro atoms. The topological polar surface area (TPSA) is 90.0 Å². The molecule has 0 unspecified atom stereocenters. The summed E-state index contributed by atoms with van der Waals surface area (Å²) in [7, 11) is -0.104. The lowest BCUT2D eigenvalue weighted by atomic mass is 9.94. The molecule has 2 atom stereocenters. The zero-order valence-electron chi connectivity index (χ0n) is 16.1. The van der Waals surface area contributed by atoms with Gasteiger partial charge in [-0.1, -0.05) is 36.4 Å². The Morgan fingerprint density at radius 2 is 1.72 bits per heavy atom. The lowest BCUT2D eigenvalue weighted by Gasteiger charge is -2.35. The number of fused-ring (bicyclic) bond motifs is 1. The fourth-order valence-electron chi connectivity index (χ4n) is 3.31. The second-order valence-corrected chi connectivity index (χ2v) is 7.91. The van der Waals surface area contributed by atoms with Gasteiger partial charge in [0.1, 0.15) is 6.04 Å². The van der Waals surface area contributed by atoms with Gasteiger partial charge in [-0.15, -0.1) is 0 Å². The van der Waals surface area contributed by atoms with Gasteiger partial charge in [0.05, 0.1) is 28.4 Å². The van der Waals surface area contributed by atoms with Crippen LogP contribution >= 0.6 is 0 Å². The number of benzene rings is 2. The van der Waals surface area contributed by atoms with Crippen molar-refractivity contribution in [2.45, 2.75) is 23.9 Å². The van der Waals surface area contributed by atoms with Crippen molar-refractivity contribution in [3.8, 4) is 0 Å². The van der Waals surface area contributed by atoms with Crippen LogP contribution in [-0.2, 0) is 42.8 Å². The number of ether oxygens (including phenoxy) is 2. The molecule has 0 aliphatic carbocycles. The molecule has 1 aliphatic rings. The third-order valence-electron chi connectivity index (χ3n) is 4.79. The predicted octanol–water partition coefficient (Wildman–Crippen LogP) is 1.71. The first-order valence-electron chi connectivity index (χ1n) is 8.96. The average Bonchev–Trinajstić information content (AvgIpc) is 2.75. The molecule has 7 nitrogen and oxygen atoms in total. The third-order valence-corrected chi connectivity index (χ3v) is 5.76. The van der Waals surface area contributed by atoms with E-state index in [9.17, 15) is 18.6 Å². The second kappa shape index (κ2) is 9.00. The van der Waals surface area contributed by atoms with Crippen LogP contribution in [0.1, 0.15) is 21.5 Å². The van der Waals surface area contributed by atoms with Crippen molar-refractivity contribution in [2.24, 2.45) is 0 Å². The predicted molar refractivity (Wildman–Crippen MR) is 106 cm³/mol. The monoisotopic (exact) mass is 415 g/mol. The van der Waals surface area contributed by atoms with E-state index in [-0.39, 0.29) is 12.1 Å². The van der Waals surface area contributed by atoms with Crippen LogP contribution in [-0.4, -0.2) is 53.0 Å². The Morgan fingerprint density at radius 3 is 2.41 bits per heavy atom. The Balaban J connectivity index is 1.74. The number of carbonyl (C=O) groups is 3. The fraction of sp³-hybridized carbons (Fsp3) is 0.286. The van der Waals surface area contributed by atoms with Crippen molar-refractivity contribution in [1.82, 2.24) is 4.90 Å². The van der Waals surface area contributed by atoms with Gasteiger partial charge >= 0.3 is 11.9 Å². The molecule has 3 rings (SSSR count). The largest absolute Gasteiger partial charge is 0.467 e. The first-order chi connectivity index (χ1) is 13.9. The van der Waals surface area contributed by atoms with Crippen molar-refractivity contribution in [3.63, 3.8) is 0 Å². The van der Waals surface area contributed by atoms with E-state index in [1.807, 2.05) is 24.3 Å². The number of carbonyl (C=O) groups excluding carboxylic acids is 3. The molecule has 0 aromatic heterocycles. The minimum atomic E-state index is -1.38. The molecule has 0 radical (unpaired) electrons. The summed E-state index contributed by atoms with van der Waals surface area (Å²) in [6.07, 6.45) is 1.80. The van der Waals surface area contributed by atoms with E-state index in [2.05, 4.69) is 0 Å². The normalized spacial score (nSPS) is 16.5. The highest BCUT2D eigenvalue weighted by molar-refractivity contribution is 7.84. The summed E-state index contributed by atoms with van der Waals surface area (Å²) in [5.74, 6) is -1.76. The molecule has 29 heavy (non-hydrogen) atoms. The summed E-state index contributed by atoms with van der Waals surface area (Å²) in [5, 5.41) is 0. The molecule has 0 saturated carbocycles. The molecule has 1 amide bonds. The first kappa shape index (κ1) is 20.7. The number of hydrogen-bond donors (Lipinski definition) is 0. The molecule has 2 aromatic rings. The van der Waals surface area contributed by atoms with Crippen molar-refractivity contribution < 1.29 is 28.1 Å². The maximum absolute atomic E-state index is 12.8. The van der Waals surface area contributed by atoms with Gasteiger partial charge in [0.25, 0.3) is 5.91 Å². The van der Waals surface area contributed by atoms with Gasteiger partial charge in [-0.05, 0) is 23.3 Å². The van der Waals surface area contributed by atoms with Crippen LogP contribution in [0.15, 0.2) is 53.4 Å². The first-order valence-corrected chi connectivity index (χ1v) is 10.5. The second-order valence-electron chi connectivity index (χ2n) is 6.56. The lowest BCUT2D eigenvalue weighted by molar-refractivity contribution is -0.155. The van der Waals surface area contributed by atoms with E-state index < -0.39 is 41.3 Å². The Hall–Kier alpha value is -3.00. The van der Waals surface area contributed by atoms with Crippen LogP contribution in [0.4, 0.5) is 0 Å². The number of hydrogen-bond acceptors (Lipinski definition) is 6. The SMILES string of the molecule is COC(=O)[C@H]1Cc2ccccc2CN1C(=O)COC(=O)c1ccccc1[S@@](C)=O. The van der Waals surface area contributed by atoms with Crippen LogP contribution in [0.3, 0.4) is 0 Å². The van der Waals surface area contributed by atoms with E-state index >= 15 is 0 Å². The highest BCUT2D eigenvalue weighted by atomic mass is 32.2. The van der Waals surface area contributed by atoms with Crippen molar-refractivity contribution in [2.75, 3.05) is 20.0 Å². The third kappa shape index (κ3) is 4.54. The smallest absolute Gasteiger partial charge is 0.339 e. The van der Waals surface area contributed by atoms with Crippen molar-refractivity contribution >= 4 is 28.6 Å². The Labute approximate surface area is 171 Å². The number of nitrogens with zero attached hydrogens (tertiary/aromatic N) is 1. The summed E-state index contributed by atoms with van der Waals surface area (Å²) in [6.45, 7) is -0.304. The molecule has 8 heteroatoms. The zero-order valence-corrected chi connectivity index (χ0v) is 16.9. The van der Waals surface area contributed by atoms with Crippen LogP contribution in [0.5, 0.6) is 0 Å². The summed E-state index contributed by atoms with van der Waals surface area (Å²) < 4.78 is 21.8.